The zero-order valence-corrected chi connectivity index (χ0v) is 30.5. The smallest absolute Gasteiger partial charge is 0.412 e. The number of hydrogen-bond donors (Lipinski definition) is 4. The van der Waals surface area contributed by atoms with Crippen LogP contribution in [0.15, 0.2) is 47.5 Å². The number of anilines is 1. The van der Waals surface area contributed by atoms with E-state index in [1.807, 2.05) is 41.3 Å². The Balaban J connectivity index is 1.30. The van der Waals surface area contributed by atoms with Gasteiger partial charge in [-0.25, -0.2) is 19.0 Å². The summed E-state index contributed by atoms with van der Waals surface area (Å²) in [4.78, 5) is 50.2. The first-order valence-electron chi connectivity index (χ1n) is 17.2. The Morgan fingerprint density at radius 2 is 1.86 bits per heavy atom. The first-order chi connectivity index (χ1) is 24.3. The number of halogens is 1. The molecule has 12 nitrogen and oxygen atoms in total. The van der Waals surface area contributed by atoms with Gasteiger partial charge in [-0.2, -0.15) is 0 Å². The zero-order valence-electron chi connectivity index (χ0n) is 29.7. The van der Waals surface area contributed by atoms with Gasteiger partial charge in [0.25, 0.3) is 5.91 Å². The minimum absolute atomic E-state index is 0.0900. The fraction of sp³-hybridized carbons (Fsp3) is 0.459. The maximum absolute atomic E-state index is 15.5. The van der Waals surface area contributed by atoms with Crippen molar-refractivity contribution in [3.63, 3.8) is 0 Å². The van der Waals surface area contributed by atoms with Crippen molar-refractivity contribution in [1.82, 2.24) is 20.5 Å². The number of thiazole rings is 1. The number of nitrogens with zero attached hydrogens (tertiary/aromatic N) is 3. The van der Waals surface area contributed by atoms with Crippen molar-refractivity contribution in [3.05, 3.63) is 70.7 Å². The third-order valence-corrected chi connectivity index (χ3v) is 9.56. The molecule has 5 rings (SSSR count). The summed E-state index contributed by atoms with van der Waals surface area (Å²) in [6.07, 6.45) is 3.92. The van der Waals surface area contributed by atoms with Gasteiger partial charge < -0.3 is 30.4 Å². The van der Waals surface area contributed by atoms with Gasteiger partial charge in [0.15, 0.2) is 5.69 Å². The van der Waals surface area contributed by atoms with E-state index in [0.717, 1.165) is 54.4 Å². The Kier molecular flexibility index (Phi) is 12.1. The Labute approximate surface area is 301 Å². The van der Waals surface area contributed by atoms with Gasteiger partial charge >= 0.3 is 12.2 Å². The molecule has 1 saturated carbocycles. The number of ether oxygens (including phenoxy) is 2. The fourth-order valence-corrected chi connectivity index (χ4v) is 6.90. The molecule has 0 spiro atoms. The average Bonchev–Trinajstić information content (AvgIpc) is 3.89. The van der Waals surface area contributed by atoms with Crippen LogP contribution in [0.3, 0.4) is 0 Å². The van der Waals surface area contributed by atoms with Crippen LogP contribution in [0.5, 0.6) is 0 Å². The molecular formula is C37H46FN7O5S. The molecule has 0 radical (unpaired) electrons. The second kappa shape index (κ2) is 16.4. The van der Waals surface area contributed by atoms with E-state index in [-0.39, 0.29) is 33.9 Å². The van der Waals surface area contributed by atoms with E-state index < -0.39 is 35.6 Å². The summed E-state index contributed by atoms with van der Waals surface area (Å²) in [5.74, 6) is -0.297. The Hall–Kier alpha value is -4.85. The van der Waals surface area contributed by atoms with Gasteiger partial charge in [-0.05, 0) is 88.5 Å². The second-order valence-electron chi connectivity index (χ2n) is 13.8. The summed E-state index contributed by atoms with van der Waals surface area (Å²) in [6.45, 7) is 8.14. The van der Waals surface area contributed by atoms with Crippen LogP contribution in [0.4, 0.5) is 19.0 Å². The molecule has 2 atom stereocenters. The maximum Gasteiger partial charge on any atom is 0.412 e. The third kappa shape index (κ3) is 10.1. The molecule has 2 aliphatic rings. The first kappa shape index (κ1) is 37.4. The summed E-state index contributed by atoms with van der Waals surface area (Å²) in [7, 11) is 1.59. The van der Waals surface area contributed by atoms with E-state index in [0.29, 0.717) is 36.8 Å². The standard InChI is InChI=1S/C37H46FN7O5S/c1-22-18-25(24-13-14-24)19-27(29(22)38)33-43-30(34(51-33)44-36(48)50-37(2,3)4)32(46)42-28(20-39)31(40-5)45-16-9-12-26(15-17-45)41-35(47)49-21-23-10-7-6-8-11-23/h6-8,10-11,18-20,24,26,28,39H,9,12-17,21H2,1-5H3,(H,41,47)(H,42,46)(H,44,48). The quantitative estimate of drug-likeness (QED) is 0.129. The van der Waals surface area contributed by atoms with Crippen molar-refractivity contribution in [2.45, 2.75) is 90.0 Å². The SMILES string of the molecule is CN=C(C(C=N)NC(=O)c1nc(-c2cc(C3CC3)cc(C)c2F)sc1NC(=O)OC(C)(C)C)N1CCCC(NC(=O)OCc2ccccc2)CC1. The highest BCUT2D eigenvalue weighted by molar-refractivity contribution is 7.19. The summed E-state index contributed by atoms with van der Waals surface area (Å²) < 4.78 is 26.4. The molecule has 2 unspecified atom stereocenters. The topological polar surface area (TPSA) is 158 Å². The largest absolute Gasteiger partial charge is 0.445 e. The molecule has 14 heteroatoms. The van der Waals surface area contributed by atoms with E-state index in [1.165, 1.54) is 0 Å². The van der Waals surface area contributed by atoms with Gasteiger partial charge in [0.05, 0.1) is 0 Å². The van der Waals surface area contributed by atoms with Crippen LogP contribution in [0.25, 0.3) is 10.6 Å². The highest BCUT2D eigenvalue weighted by Crippen LogP contribution is 2.43. The molecule has 2 aromatic carbocycles. The highest BCUT2D eigenvalue weighted by Gasteiger charge is 2.31. The molecule has 2 heterocycles. The molecule has 51 heavy (non-hydrogen) atoms. The second-order valence-corrected chi connectivity index (χ2v) is 14.8. The molecule has 2 fully saturated rings. The third-order valence-electron chi connectivity index (χ3n) is 8.56. The number of rotatable bonds is 10. The lowest BCUT2D eigenvalue weighted by molar-refractivity contribution is 0.0636. The molecule has 4 N–H and O–H groups in total. The van der Waals surface area contributed by atoms with Crippen molar-refractivity contribution in [3.8, 4) is 10.6 Å². The lowest BCUT2D eigenvalue weighted by Gasteiger charge is -2.28. The van der Waals surface area contributed by atoms with Crippen molar-refractivity contribution in [2.75, 3.05) is 25.5 Å². The van der Waals surface area contributed by atoms with Crippen molar-refractivity contribution < 1.29 is 28.2 Å². The summed E-state index contributed by atoms with van der Waals surface area (Å²) in [6, 6.07) is 12.0. The molecule has 1 aliphatic heterocycles. The summed E-state index contributed by atoms with van der Waals surface area (Å²) in [5, 5.41) is 17.0. The number of amidine groups is 1. The highest BCUT2D eigenvalue weighted by atomic mass is 32.1. The molecule has 1 saturated heterocycles. The monoisotopic (exact) mass is 719 g/mol. The van der Waals surface area contributed by atoms with Crippen molar-refractivity contribution >= 4 is 46.5 Å². The number of likely N-dealkylation sites (tertiary alicyclic amines) is 1. The van der Waals surface area contributed by atoms with Crippen LogP contribution in [0.1, 0.15) is 86.0 Å². The van der Waals surface area contributed by atoms with Crippen LogP contribution in [0, 0.1) is 18.2 Å². The van der Waals surface area contributed by atoms with E-state index in [2.05, 4.69) is 25.9 Å². The van der Waals surface area contributed by atoms with Crippen LogP contribution in [0.2, 0.25) is 0 Å². The minimum atomic E-state index is -0.931. The van der Waals surface area contributed by atoms with Gasteiger partial charge in [0.1, 0.15) is 39.9 Å². The predicted molar refractivity (Wildman–Crippen MR) is 196 cm³/mol. The maximum atomic E-state index is 15.5. The molecule has 0 bridgehead atoms. The van der Waals surface area contributed by atoms with Gasteiger partial charge in [-0.3, -0.25) is 15.1 Å². The van der Waals surface area contributed by atoms with Crippen LogP contribution < -0.4 is 16.0 Å². The number of nitrogens with one attached hydrogen (secondary N) is 4. The number of carbonyl (C=O) groups excluding carboxylic acids is 3. The van der Waals surface area contributed by atoms with Gasteiger partial charge in [-0.15, -0.1) is 0 Å². The lowest BCUT2D eigenvalue weighted by Crippen LogP contribution is -2.50. The molecule has 1 aromatic heterocycles. The van der Waals surface area contributed by atoms with Crippen molar-refractivity contribution in [1.29, 1.82) is 5.41 Å². The average molecular weight is 720 g/mol. The molecule has 3 aromatic rings. The summed E-state index contributed by atoms with van der Waals surface area (Å²) in [5.41, 5.74) is 1.71. The number of benzene rings is 2. The van der Waals surface area contributed by atoms with Crippen molar-refractivity contribution in [2.24, 2.45) is 4.99 Å². The van der Waals surface area contributed by atoms with Gasteiger partial charge in [-0.1, -0.05) is 47.7 Å². The number of carbonyl (C=O) groups is 3. The molecule has 1 aliphatic carbocycles. The van der Waals surface area contributed by atoms with E-state index >= 15 is 4.39 Å². The molecule has 3 amide bonds. The number of aryl methyl sites for hydroxylation is 1. The minimum Gasteiger partial charge on any atom is -0.445 e. The fourth-order valence-electron chi connectivity index (χ4n) is 5.94. The lowest BCUT2D eigenvalue weighted by atomic mass is 10.0. The Morgan fingerprint density at radius 1 is 1.12 bits per heavy atom. The normalized spacial score (nSPS) is 17.2. The number of alkyl carbamates (subject to hydrolysis) is 1. The number of hydrogen-bond acceptors (Lipinski definition) is 9. The number of aromatic nitrogens is 1. The Morgan fingerprint density at radius 3 is 2.53 bits per heavy atom. The number of amides is 3. The molecule has 272 valence electrons. The molecular weight excluding hydrogens is 674 g/mol. The van der Waals surface area contributed by atoms with Crippen LogP contribution >= 0.6 is 11.3 Å². The first-order valence-corrected chi connectivity index (χ1v) is 18.0. The van der Waals surface area contributed by atoms with E-state index in [4.69, 9.17) is 14.9 Å². The van der Waals surface area contributed by atoms with Gasteiger partial charge in [0.2, 0.25) is 0 Å². The zero-order chi connectivity index (χ0) is 36.7. The summed E-state index contributed by atoms with van der Waals surface area (Å²) >= 11 is 0.979. The van der Waals surface area contributed by atoms with E-state index in [9.17, 15) is 14.4 Å². The predicted octanol–water partition coefficient (Wildman–Crippen LogP) is 7.04. The number of aliphatic imine (C=N–C) groups is 1. The van der Waals surface area contributed by atoms with E-state index in [1.54, 1.807) is 40.8 Å². The van der Waals surface area contributed by atoms with Gasteiger partial charge in [0, 0.05) is 38.0 Å². The Bertz CT molecular complexity index is 1770. The van der Waals surface area contributed by atoms with Crippen LogP contribution in [-0.2, 0) is 16.1 Å². The van der Waals surface area contributed by atoms with Crippen LogP contribution in [-0.4, -0.2) is 77.8 Å².